The Balaban J connectivity index is 1.37. The van der Waals surface area contributed by atoms with E-state index < -0.39 is 29.7 Å². The Kier molecular flexibility index (Phi) is 7.66. The average Bonchev–Trinajstić information content (AvgIpc) is 3.79. The molecule has 0 aliphatic carbocycles. The summed E-state index contributed by atoms with van der Waals surface area (Å²) in [5.74, 6) is -1.86. The molecule has 0 aliphatic rings. The van der Waals surface area contributed by atoms with E-state index in [1.807, 2.05) is 12.3 Å². The number of H-pyrrole nitrogens is 1. The van der Waals surface area contributed by atoms with Gasteiger partial charge in [0.15, 0.2) is 17.7 Å². The van der Waals surface area contributed by atoms with Gasteiger partial charge < -0.3 is 5.11 Å². The molecule has 0 radical (unpaired) electrons. The number of carbonyl (C=O) groups is 1. The van der Waals surface area contributed by atoms with Crippen molar-refractivity contribution in [1.82, 2.24) is 34.9 Å². The van der Waals surface area contributed by atoms with Gasteiger partial charge in [-0.3, -0.25) is 14.3 Å². The molecule has 1 atom stereocenters. The SMILES string of the molecule is Cn1ccc(C[C@@H](c2ccc(-c3c(-[n+]4cc(C(F)(F)F)n[nH]4)ccc(Cl)c3F)cn2)n2cc(-c3ccc(C(=O)O)cc3)cn2)n1. The Morgan fingerprint density at radius 3 is 2.42 bits per heavy atom. The van der Waals surface area contributed by atoms with E-state index in [1.165, 1.54) is 30.5 Å². The van der Waals surface area contributed by atoms with Crippen molar-refractivity contribution >= 4 is 17.6 Å². The number of halogens is 5. The Morgan fingerprint density at radius 1 is 1.04 bits per heavy atom. The topological polar surface area (TPSA) is 118 Å². The molecular weight excluding hydrogens is 616 g/mol. The maximum atomic E-state index is 15.4. The van der Waals surface area contributed by atoms with Crippen molar-refractivity contribution in [2.24, 2.45) is 7.05 Å². The third kappa shape index (κ3) is 6.04. The lowest BCUT2D eigenvalue weighted by Gasteiger charge is -2.17. The molecule has 4 heterocycles. The highest BCUT2D eigenvalue weighted by Gasteiger charge is 2.41. The van der Waals surface area contributed by atoms with Crippen LogP contribution >= 0.6 is 11.6 Å². The maximum absolute atomic E-state index is 15.4. The highest BCUT2D eigenvalue weighted by molar-refractivity contribution is 6.31. The van der Waals surface area contributed by atoms with Crippen molar-refractivity contribution in [3.63, 3.8) is 0 Å². The molecule has 6 rings (SSSR count). The number of carboxylic acid groups (broad SMARTS) is 1. The normalized spacial score (nSPS) is 12.4. The summed E-state index contributed by atoms with van der Waals surface area (Å²) in [7, 11) is 1.80. The van der Waals surface area contributed by atoms with Crippen LogP contribution in [-0.4, -0.2) is 45.9 Å². The van der Waals surface area contributed by atoms with Crippen LogP contribution in [0.2, 0.25) is 5.02 Å². The molecule has 0 spiro atoms. The van der Waals surface area contributed by atoms with Crippen LogP contribution in [-0.2, 0) is 19.6 Å². The molecule has 45 heavy (non-hydrogen) atoms. The first-order valence-corrected chi connectivity index (χ1v) is 13.7. The van der Waals surface area contributed by atoms with Crippen LogP contribution in [0.5, 0.6) is 0 Å². The molecule has 15 heteroatoms. The van der Waals surface area contributed by atoms with Crippen molar-refractivity contribution in [2.75, 3.05) is 0 Å². The second-order valence-electron chi connectivity index (χ2n) is 10.1. The van der Waals surface area contributed by atoms with Crippen LogP contribution in [0, 0.1) is 5.82 Å². The van der Waals surface area contributed by atoms with Gasteiger partial charge in [0, 0.05) is 43.2 Å². The third-order valence-corrected chi connectivity index (χ3v) is 7.42. The number of benzene rings is 2. The van der Waals surface area contributed by atoms with Crippen LogP contribution in [0.1, 0.15) is 33.5 Å². The Bertz CT molecular complexity index is 2000. The van der Waals surface area contributed by atoms with E-state index in [9.17, 15) is 23.1 Å². The monoisotopic (exact) mass is 637 g/mol. The predicted octanol–water partition coefficient (Wildman–Crippen LogP) is 5.69. The molecule has 0 saturated heterocycles. The van der Waals surface area contributed by atoms with Gasteiger partial charge in [-0.1, -0.05) is 35.0 Å². The van der Waals surface area contributed by atoms with Crippen LogP contribution in [0.4, 0.5) is 17.6 Å². The van der Waals surface area contributed by atoms with Crippen molar-refractivity contribution in [2.45, 2.75) is 18.6 Å². The molecule has 0 aliphatic heterocycles. The zero-order chi connectivity index (χ0) is 31.9. The summed E-state index contributed by atoms with van der Waals surface area (Å²) in [4.78, 5) is 15.9. The lowest BCUT2D eigenvalue weighted by Crippen LogP contribution is -2.33. The minimum Gasteiger partial charge on any atom is -0.478 e. The number of aromatic nitrogens is 8. The number of carboxylic acids is 1. The maximum Gasteiger partial charge on any atom is 0.464 e. The van der Waals surface area contributed by atoms with E-state index in [0.717, 1.165) is 27.7 Å². The summed E-state index contributed by atoms with van der Waals surface area (Å²) in [6.45, 7) is 0. The number of nitrogens with zero attached hydrogens (tertiary/aromatic N) is 7. The Morgan fingerprint density at radius 2 is 1.80 bits per heavy atom. The van der Waals surface area contributed by atoms with E-state index >= 15 is 4.39 Å². The molecule has 2 N–H and O–H groups in total. The fourth-order valence-corrected chi connectivity index (χ4v) is 5.04. The van der Waals surface area contributed by atoms with Gasteiger partial charge in [-0.15, -0.1) is 4.68 Å². The molecule has 0 saturated carbocycles. The average molecular weight is 638 g/mol. The molecule has 0 fully saturated rings. The van der Waals surface area contributed by atoms with Crippen LogP contribution in [0.25, 0.3) is 27.9 Å². The number of aromatic amines is 1. The smallest absolute Gasteiger partial charge is 0.464 e. The second-order valence-corrected chi connectivity index (χ2v) is 10.5. The summed E-state index contributed by atoms with van der Waals surface area (Å²) in [5.41, 5.74) is 2.05. The molecule has 6 aromatic rings. The quantitative estimate of drug-likeness (QED) is 0.164. The molecule has 2 aromatic carbocycles. The molecule has 0 amide bonds. The summed E-state index contributed by atoms with van der Waals surface area (Å²) in [5, 5.41) is 23.6. The summed E-state index contributed by atoms with van der Waals surface area (Å²) < 4.78 is 59.4. The minimum absolute atomic E-state index is 0.0464. The number of nitrogens with one attached hydrogen (secondary N) is 1. The number of pyridine rings is 1. The highest BCUT2D eigenvalue weighted by Crippen LogP contribution is 2.33. The molecule has 228 valence electrons. The van der Waals surface area contributed by atoms with Gasteiger partial charge in [0.2, 0.25) is 0 Å². The predicted molar refractivity (Wildman–Crippen MR) is 153 cm³/mol. The second kappa shape index (κ2) is 11.6. The Hall–Kier alpha value is -5.37. The van der Waals surface area contributed by atoms with E-state index in [0.29, 0.717) is 12.1 Å². The van der Waals surface area contributed by atoms with Crippen LogP contribution in [0.15, 0.2) is 85.6 Å². The number of alkyl halides is 3. The van der Waals surface area contributed by atoms with Gasteiger partial charge in [0.25, 0.3) is 0 Å². The summed E-state index contributed by atoms with van der Waals surface area (Å²) in [6.07, 6.45) is 3.10. The van der Waals surface area contributed by atoms with Gasteiger partial charge in [-0.2, -0.15) is 23.4 Å². The lowest BCUT2D eigenvalue weighted by molar-refractivity contribution is -0.659. The fourth-order valence-electron chi connectivity index (χ4n) is 4.88. The van der Waals surface area contributed by atoms with E-state index in [-0.39, 0.29) is 27.4 Å². The zero-order valence-electron chi connectivity index (χ0n) is 23.2. The van der Waals surface area contributed by atoms with Gasteiger partial charge in [0.05, 0.1) is 44.9 Å². The molecule has 10 nitrogen and oxygen atoms in total. The lowest BCUT2D eigenvalue weighted by atomic mass is 10.0. The van der Waals surface area contributed by atoms with Crippen molar-refractivity contribution in [1.29, 1.82) is 0 Å². The van der Waals surface area contributed by atoms with Gasteiger partial charge in [-0.05, 0) is 42.0 Å². The van der Waals surface area contributed by atoms with Gasteiger partial charge in [0.1, 0.15) is 0 Å². The number of rotatable bonds is 8. The molecule has 0 unspecified atom stereocenters. The van der Waals surface area contributed by atoms with Crippen LogP contribution < -0.4 is 4.68 Å². The van der Waals surface area contributed by atoms with Crippen molar-refractivity contribution < 1.29 is 32.1 Å². The Labute approximate surface area is 257 Å². The van der Waals surface area contributed by atoms with Gasteiger partial charge in [-0.25, -0.2) is 9.18 Å². The number of hydrogen-bond acceptors (Lipinski definition) is 5. The van der Waals surface area contributed by atoms with Gasteiger partial charge >= 0.3 is 17.8 Å². The van der Waals surface area contributed by atoms with Crippen molar-refractivity contribution in [3.8, 4) is 27.9 Å². The van der Waals surface area contributed by atoms with Crippen molar-refractivity contribution in [3.05, 3.63) is 119 Å². The number of hydrogen-bond donors (Lipinski definition) is 2. The zero-order valence-corrected chi connectivity index (χ0v) is 24.0. The van der Waals surface area contributed by atoms with Crippen LogP contribution in [0.3, 0.4) is 0 Å². The summed E-state index contributed by atoms with van der Waals surface area (Å²) in [6, 6.07) is 13.7. The standard InChI is InChI=1S/C30H21ClF4N8O2/c1-41-11-10-21(39-41)12-25(42-15-20(14-37-42)17-2-4-18(5-3-17)29(44)45)23-8-6-19(13-36-23)27-24(9-7-22(31)28(27)32)43-16-26(38-40-43)30(33,34)35/h2-11,13-16,25H,12H2,1H3,(H,44,45)/p+1/t25-/m0/s1. The first-order valence-electron chi connectivity index (χ1n) is 13.3. The number of aromatic carboxylic acids is 1. The van der Waals surface area contributed by atoms with E-state index in [4.69, 9.17) is 11.6 Å². The molecule has 0 bridgehead atoms. The molecular formula is C30H22ClF4N8O2+. The number of aryl methyl sites for hydroxylation is 1. The van der Waals surface area contributed by atoms with E-state index in [2.05, 4.69) is 25.5 Å². The first-order chi connectivity index (χ1) is 21.5. The van der Waals surface area contributed by atoms with E-state index in [1.54, 1.807) is 53.1 Å². The molecule has 4 aromatic heterocycles. The minimum atomic E-state index is -4.70. The highest BCUT2D eigenvalue weighted by atomic mass is 35.5. The largest absolute Gasteiger partial charge is 0.478 e. The fraction of sp³-hybridized carbons (Fsp3) is 0.133. The third-order valence-electron chi connectivity index (χ3n) is 7.13. The first kappa shape index (κ1) is 29.7. The summed E-state index contributed by atoms with van der Waals surface area (Å²) >= 11 is 6.07.